The van der Waals surface area contributed by atoms with Crippen molar-refractivity contribution in [2.45, 2.75) is 45.6 Å². The highest BCUT2D eigenvalue weighted by molar-refractivity contribution is 5.92. The Kier molecular flexibility index (Phi) is 5.90. The van der Waals surface area contributed by atoms with Gasteiger partial charge in [-0.05, 0) is 45.6 Å². The normalized spacial score (nSPS) is 18.1. The predicted octanol–water partition coefficient (Wildman–Crippen LogP) is 1.74. The molecule has 2 saturated heterocycles. The Morgan fingerprint density at radius 1 is 1.19 bits per heavy atom. The summed E-state index contributed by atoms with van der Waals surface area (Å²) in [5, 5.41) is 3.05. The van der Waals surface area contributed by atoms with Crippen LogP contribution in [0.5, 0.6) is 0 Å². The van der Waals surface area contributed by atoms with E-state index in [4.69, 9.17) is 4.74 Å². The number of carbonyl (C=O) groups is 2. The molecule has 0 aromatic carbocycles. The van der Waals surface area contributed by atoms with Gasteiger partial charge >= 0.3 is 6.09 Å². The number of carbonyl (C=O) groups excluding carboxylic acids is 2. The highest BCUT2D eigenvalue weighted by Gasteiger charge is 2.25. The second-order valence-electron chi connectivity index (χ2n) is 6.82. The van der Waals surface area contributed by atoms with Gasteiger partial charge in [0, 0.05) is 37.9 Å². The lowest BCUT2D eigenvalue weighted by atomic mass is 10.1. The van der Waals surface area contributed by atoms with E-state index in [0.717, 1.165) is 31.6 Å². The number of hydrogen-bond donors (Lipinski definition) is 1. The number of hydrogen-bond acceptors (Lipinski definition) is 6. The molecule has 0 saturated carbocycles. The molecule has 0 unspecified atom stereocenters. The van der Waals surface area contributed by atoms with Gasteiger partial charge < -0.3 is 19.9 Å². The van der Waals surface area contributed by atoms with Gasteiger partial charge in [0.2, 0.25) is 5.95 Å². The molecule has 2 aliphatic heterocycles. The van der Waals surface area contributed by atoms with Crippen LogP contribution in [0.1, 0.15) is 48.8 Å². The molecular formula is C18H27N5O3. The lowest BCUT2D eigenvalue weighted by molar-refractivity contribution is 0.0856. The van der Waals surface area contributed by atoms with Gasteiger partial charge in [0.15, 0.2) is 0 Å². The molecule has 0 bridgehead atoms. The van der Waals surface area contributed by atoms with Crippen LogP contribution in [0.4, 0.5) is 10.7 Å². The Bertz CT molecular complexity index is 652. The summed E-state index contributed by atoms with van der Waals surface area (Å²) in [4.78, 5) is 37.1. The quantitative estimate of drug-likeness (QED) is 0.879. The molecule has 2 aliphatic rings. The van der Waals surface area contributed by atoms with Gasteiger partial charge in [0.05, 0.1) is 6.61 Å². The molecular weight excluding hydrogens is 334 g/mol. The molecule has 8 nitrogen and oxygen atoms in total. The molecule has 8 heteroatoms. The number of aryl methyl sites for hydroxylation is 1. The van der Waals surface area contributed by atoms with Crippen LogP contribution in [0, 0.1) is 6.92 Å². The van der Waals surface area contributed by atoms with Crippen LogP contribution in [-0.4, -0.2) is 65.7 Å². The first-order valence-corrected chi connectivity index (χ1v) is 9.40. The number of amides is 2. The number of nitrogens with zero attached hydrogens (tertiary/aromatic N) is 4. The van der Waals surface area contributed by atoms with Gasteiger partial charge in [-0.3, -0.25) is 4.79 Å². The van der Waals surface area contributed by atoms with Crippen molar-refractivity contribution >= 4 is 17.9 Å². The Morgan fingerprint density at radius 2 is 1.88 bits per heavy atom. The van der Waals surface area contributed by atoms with E-state index in [-0.39, 0.29) is 18.0 Å². The fraction of sp³-hybridized carbons (Fsp3) is 0.667. The minimum atomic E-state index is -0.279. The Hall–Kier alpha value is -2.38. The minimum absolute atomic E-state index is 0.0404. The summed E-state index contributed by atoms with van der Waals surface area (Å²) in [5.41, 5.74) is 1.21. The topological polar surface area (TPSA) is 87.7 Å². The van der Waals surface area contributed by atoms with Crippen molar-refractivity contribution in [3.63, 3.8) is 0 Å². The van der Waals surface area contributed by atoms with Crippen molar-refractivity contribution in [1.29, 1.82) is 0 Å². The van der Waals surface area contributed by atoms with E-state index in [1.165, 1.54) is 0 Å². The number of piperidine rings is 1. The van der Waals surface area contributed by atoms with Crippen LogP contribution >= 0.6 is 0 Å². The SMILES string of the molecule is CCOC(=O)N1CCC(NC(=O)c2cc(C)nc(N3CCCC3)n2)CC1. The van der Waals surface area contributed by atoms with Crippen LogP contribution in [0.15, 0.2) is 6.07 Å². The zero-order valence-electron chi connectivity index (χ0n) is 15.5. The van der Waals surface area contributed by atoms with Gasteiger partial charge in [0.1, 0.15) is 5.69 Å². The molecule has 142 valence electrons. The first-order chi connectivity index (χ1) is 12.6. The van der Waals surface area contributed by atoms with Crippen LogP contribution in [0.25, 0.3) is 0 Å². The van der Waals surface area contributed by atoms with Crippen molar-refractivity contribution in [3.8, 4) is 0 Å². The maximum Gasteiger partial charge on any atom is 0.409 e. The van der Waals surface area contributed by atoms with Crippen molar-refractivity contribution in [2.75, 3.05) is 37.7 Å². The van der Waals surface area contributed by atoms with Gasteiger partial charge in [-0.1, -0.05) is 0 Å². The van der Waals surface area contributed by atoms with Crippen molar-refractivity contribution in [3.05, 3.63) is 17.5 Å². The summed E-state index contributed by atoms with van der Waals surface area (Å²) in [5.74, 6) is 0.468. The van der Waals surface area contributed by atoms with E-state index < -0.39 is 0 Å². The molecule has 1 aromatic heterocycles. The smallest absolute Gasteiger partial charge is 0.409 e. The van der Waals surface area contributed by atoms with Crippen LogP contribution in [-0.2, 0) is 4.74 Å². The van der Waals surface area contributed by atoms with Crippen molar-refractivity contribution in [2.24, 2.45) is 0 Å². The summed E-state index contributed by atoms with van der Waals surface area (Å²) in [6, 6.07) is 1.77. The zero-order chi connectivity index (χ0) is 18.5. The molecule has 1 N–H and O–H groups in total. The van der Waals surface area contributed by atoms with E-state index >= 15 is 0 Å². The highest BCUT2D eigenvalue weighted by atomic mass is 16.6. The summed E-state index contributed by atoms with van der Waals surface area (Å²) in [6.45, 7) is 7.12. The van der Waals surface area contributed by atoms with Crippen LogP contribution < -0.4 is 10.2 Å². The number of aromatic nitrogens is 2. The fourth-order valence-corrected chi connectivity index (χ4v) is 3.41. The number of rotatable bonds is 4. The Morgan fingerprint density at radius 3 is 2.54 bits per heavy atom. The fourth-order valence-electron chi connectivity index (χ4n) is 3.41. The predicted molar refractivity (Wildman–Crippen MR) is 97.3 cm³/mol. The molecule has 26 heavy (non-hydrogen) atoms. The lowest BCUT2D eigenvalue weighted by Gasteiger charge is -2.31. The molecule has 0 aliphatic carbocycles. The first kappa shape index (κ1) is 18.4. The molecule has 3 rings (SSSR count). The van der Waals surface area contributed by atoms with Gasteiger partial charge in [0.25, 0.3) is 5.91 Å². The standard InChI is InChI=1S/C18H27N5O3/c1-3-26-18(25)23-10-6-14(7-11-23)20-16(24)15-12-13(2)19-17(21-15)22-8-4-5-9-22/h12,14H,3-11H2,1-2H3,(H,20,24). The molecule has 0 radical (unpaired) electrons. The van der Waals surface area contributed by atoms with E-state index in [1.807, 2.05) is 6.92 Å². The summed E-state index contributed by atoms with van der Waals surface area (Å²) >= 11 is 0. The number of nitrogens with one attached hydrogen (secondary N) is 1. The van der Waals surface area contributed by atoms with E-state index in [9.17, 15) is 9.59 Å². The molecule has 1 aromatic rings. The number of ether oxygens (including phenoxy) is 1. The van der Waals surface area contributed by atoms with Gasteiger partial charge in [-0.15, -0.1) is 0 Å². The summed E-state index contributed by atoms with van der Waals surface area (Å²) < 4.78 is 5.02. The number of likely N-dealkylation sites (tertiary alicyclic amines) is 1. The second kappa shape index (κ2) is 8.33. The Labute approximate surface area is 153 Å². The average Bonchev–Trinajstić information content (AvgIpc) is 3.17. The maximum absolute atomic E-state index is 12.6. The molecule has 3 heterocycles. The van der Waals surface area contributed by atoms with Crippen molar-refractivity contribution < 1.29 is 14.3 Å². The third-order valence-corrected chi connectivity index (χ3v) is 4.82. The third kappa shape index (κ3) is 4.42. The maximum atomic E-state index is 12.6. The van der Waals surface area contributed by atoms with Crippen molar-refractivity contribution in [1.82, 2.24) is 20.2 Å². The van der Waals surface area contributed by atoms with Crippen LogP contribution in [0.2, 0.25) is 0 Å². The third-order valence-electron chi connectivity index (χ3n) is 4.82. The van der Waals surface area contributed by atoms with Gasteiger partial charge in [-0.25, -0.2) is 14.8 Å². The average molecular weight is 361 g/mol. The Balaban J connectivity index is 1.58. The monoisotopic (exact) mass is 361 g/mol. The van der Waals surface area contributed by atoms with E-state index in [2.05, 4.69) is 20.2 Å². The summed E-state index contributed by atoms with van der Waals surface area (Å²) in [7, 11) is 0. The summed E-state index contributed by atoms with van der Waals surface area (Å²) in [6.07, 6.45) is 3.43. The molecule has 2 fully saturated rings. The lowest BCUT2D eigenvalue weighted by Crippen LogP contribution is -2.46. The second-order valence-corrected chi connectivity index (χ2v) is 6.82. The first-order valence-electron chi connectivity index (χ1n) is 9.40. The van der Waals surface area contributed by atoms with Gasteiger partial charge in [-0.2, -0.15) is 0 Å². The van der Waals surface area contributed by atoms with E-state index in [0.29, 0.717) is 44.2 Å². The zero-order valence-corrected chi connectivity index (χ0v) is 15.5. The highest BCUT2D eigenvalue weighted by Crippen LogP contribution is 2.17. The molecule has 2 amide bonds. The largest absolute Gasteiger partial charge is 0.450 e. The minimum Gasteiger partial charge on any atom is -0.450 e. The van der Waals surface area contributed by atoms with E-state index in [1.54, 1.807) is 17.9 Å². The van der Waals surface area contributed by atoms with Crippen LogP contribution in [0.3, 0.4) is 0 Å². The molecule has 0 atom stereocenters. The molecule has 0 spiro atoms. The number of anilines is 1.